The number of carbonyl (C=O) groups excluding carboxylic acids is 1. The number of hydrogen-bond acceptors (Lipinski definition) is 2. The quantitative estimate of drug-likeness (QED) is 0.822. The van der Waals surface area contributed by atoms with Crippen molar-refractivity contribution in [1.29, 1.82) is 0 Å². The van der Waals surface area contributed by atoms with Gasteiger partial charge in [-0.25, -0.2) is 4.79 Å². The number of hydrogen-bond donors (Lipinski definition) is 2. The van der Waals surface area contributed by atoms with E-state index in [1.165, 1.54) is 10.6 Å². The SMILES string of the molecule is CC(C)C1(CNC(=O)Cn2cccc2C(=O)O)CC1. The standard InChI is InChI=1S/C14H20N2O3/c1-10(2)14(5-6-14)9-15-12(17)8-16-7-3-4-11(16)13(18)19/h3-4,7,10H,5-6,8-9H2,1-2H3,(H,15,17)(H,18,19). The van der Waals surface area contributed by atoms with E-state index in [1.807, 2.05) is 0 Å². The average Bonchev–Trinajstić information content (AvgIpc) is 3.00. The second-order valence-electron chi connectivity index (χ2n) is 5.62. The van der Waals surface area contributed by atoms with Crippen molar-refractivity contribution in [3.8, 4) is 0 Å². The molecular formula is C14H20N2O3. The Morgan fingerprint density at radius 1 is 1.47 bits per heavy atom. The summed E-state index contributed by atoms with van der Waals surface area (Å²) in [4.78, 5) is 22.8. The molecule has 0 saturated heterocycles. The summed E-state index contributed by atoms with van der Waals surface area (Å²) in [6.07, 6.45) is 3.93. The van der Waals surface area contributed by atoms with Crippen LogP contribution >= 0.6 is 0 Å². The molecule has 0 aliphatic heterocycles. The third-order valence-corrected chi connectivity index (χ3v) is 4.12. The lowest BCUT2D eigenvalue weighted by Crippen LogP contribution is -2.35. The van der Waals surface area contributed by atoms with Crippen LogP contribution in [0.5, 0.6) is 0 Å². The van der Waals surface area contributed by atoms with E-state index >= 15 is 0 Å². The highest BCUT2D eigenvalue weighted by Crippen LogP contribution is 2.51. The summed E-state index contributed by atoms with van der Waals surface area (Å²) in [5.41, 5.74) is 0.405. The van der Waals surface area contributed by atoms with Gasteiger partial charge in [-0.15, -0.1) is 0 Å². The second-order valence-corrected chi connectivity index (χ2v) is 5.62. The van der Waals surface area contributed by atoms with Gasteiger partial charge in [0.2, 0.25) is 5.91 Å². The first-order chi connectivity index (χ1) is 8.94. The number of aromatic nitrogens is 1. The van der Waals surface area contributed by atoms with Gasteiger partial charge in [0.05, 0.1) is 0 Å². The van der Waals surface area contributed by atoms with Crippen LogP contribution in [-0.2, 0) is 11.3 Å². The summed E-state index contributed by atoms with van der Waals surface area (Å²) in [5, 5.41) is 11.9. The predicted octanol–water partition coefficient (Wildman–Crippen LogP) is 1.74. The molecule has 0 radical (unpaired) electrons. The molecular weight excluding hydrogens is 244 g/mol. The van der Waals surface area contributed by atoms with Gasteiger partial charge in [-0.05, 0) is 36.3 Å². The zero-order valence-electron chi connectivity index (χ0n) is 11.3. The smallest absolute Gasteiger partial charge is 0.352 e. The van der Waals surface area contributed by atoms with E-state index in [-0.39, 0.29) is 23.6 Å². The zero-order valence-corrected chi connectivity index (χ0v) is 11.3. The fourth-order valence-electron chi connectivity index (χ4n) is 2.35. The number of nitrogens with one attached hydrogen (secondary N) is 1. The molecule has 0 atom stereocenters. The van der Waals surface area contributed by atoms with Crippen LogP contribution in [0.2, 0.25) is 0 Å². The van der Waals surface area contributed by atoms with Crippen LogP contribution in [0.1, 0.15) is 37.2 Å². The number of carboxylic acid groups (broad SMARTS) is 1. The molecule has 1 saturated carbocycles. The lowest BCUT2D eigenvalue weighted by molar-refractivity contribution is -0.122. The summed E-state index contributed by atoms with van der Waals surface area (Å²) in [5.74, 6) is -0.585. The maximum atomic E-state index is 11.9. The van der Waals surface area contributed by atoms with Gasteiger partial charge in [-0.3, -0.25) is 4.79 Å². The third-order valence-electron chi connectivity index (χ3n) is 4.12. The molecule has 1 aliphatic carbocycles. The molecule has 0 unspecified atom stereocenters. The van der Waals surface area contributed by atoms with Crippen molar-refractivity contribution in [2.24, 2.45) is 11.3 Å². The number of aromatic carboxylic acids is 1. The Morgan fingerprint density at radius 3 is 2.68 bits per heavy atom. The minimum absolute atomic E-state index is 0.0583. The number of carboxylic acids is 1. The predicted molar refractivity (Wildman–Crippen MR) is 70.9 cm³/mol. The molecule has 19 heavy (non-hydrogen) atoms. The van der Waals surface area contributed by atoms with Crippen LogP contribution in [0, 0.1) is 11.3 Å². The van der Waals surface area contributed by atoms with Gasteiger partial charge >= 0.3 is 5.97 Å². The molecule has 1 aliphatic rings. The molecule has 5 nitrogen and oxygen atoms in total. The highest BCUT2D eigenvalue weighted by atomic mass is 16.4. The zero-order chi connectivity index (χ0) is 14.0. The first-order valence-electron chi connectivity index (χ1n) is 6.60. The monoisotopic (exact) mass is 264 g/mol. The van der Waals surface area contributed by atoms with E-state index in [2.05, 4.69) is 19.2 Å². The molecule has 0 spiro atoms. The summed E-state index contributed by atoms with van der Waals surface area (Å²) in [6, 6.07) is 3.12. The highest BCUT2D eigenvalue weighted by Gasteiger charge is 2.45. The summed E-state index contributed by atoms with van der Waals surface area (Å²) < 4.78 is 1.45. The average molecular weight is 264 g/mol. The molecule has 1 aromatic rings. The topological polar surface area (TPSA) is 71.3 Å². The van der Waals surface area contributed by atoms with Crippen LogP contribution in [-0.4, -0.2) is 28.1 Å². The number of amides is 1. The summed E-state index contributed by atoms with van der Waals surface area (Å²) in [6.45, 7) is 5.09. The Hall–Kier alpha value is -1.78. The Kier molecular flexibility index (Phi) is 3.64. The molecule has 1 fully saturated rings. The van der Waals surface area contributed by atoms with Gasteiger partial charge in [-0.1, -0.05) is 13.8 Å². The van der Waals surface area contributed by atoms with Crippen molar-refractivity contribution >= 4 is 11.9 Å². The van der Waals surface area contributed by atoms with E-state index in [9.17, 15) is 9.59 Å². The second kappa shape index (κ2) is 5.07. The van der Waals surface area contributed by atoms with E-state index < -0.39 is 5.97 Å². The Balaban J connectivity index is 1.88. The Morgan fingerprint density at radius 2 is 2.16 bits per heavy atom. The van der Waals surface area contributed by atoms with Crippen LogP contribution in [0.25, 0.3) is 0 Å². The number of nitrogens with zero attached hydrogens (tertiary/aromatic N) is 1. The van der Waals surface area contributed by atoms with Gasteiger partial charge in [0.1, 0.15) is 12.2 Å². The van der Waals surface area contributed by atoms with Crippen LogP contribution in [0.15, 0.2) is 18.3 Å². The molecule has 2 N–H and O–H groups in total. The Labute approximate surface area is 112 Å². The maximum absolute atomic E-state index is 11.9. The molecule has 1 amide bonds. The molecule has 5 heteroatoms. The highest BCUT2D eigenvalue weighted by molar-refractivity contribution is 5.86. The van der Waals surface area contributed by atoms with Crippen molar-refractivity contribution in [2.75, 3.05) is 6.54 Å². The van der Waals surface area contributed by atoms with Gasteiger partial charge < -0.3 is 15.0 Å². The molecule has 104 valence electrons. The fraction of sp³-hybridized carbons (Fsp3) is 0.571. The van der Waals surface area contributed by atoms with Crippen LogP contribution in [0.4, 0.5) is 0 Å². The van der Waals surface area contributed by atoms with E-state index in [0.29, 0.717) is 12.5 Å². The van der Waals surface area contributed by atoms with Crippen LogP contribution < -0.4 is 5.32 Å². The normalized spacial score (nSPS) is 16.4. The van der Waals surface area contributed by atoms with E-state index in [0.717, 1.165) is 12.8 Å². The molecule has 2 rings (SSSR count). The Bertz CT molecular complexity index is 487. The first-order valence-corrected chi connectivity index (χ1v) is 6.60. The minimum atomic E-state index is -1.02. The minimum Gasteiger partial charge on any atom is -0.477 e. The van der Waals surface area contributed by atoms with Gasteiger partial charge in [0, 0.05) is 12.7 Å². The first kappa shape index (κ1) is 13.6. The maximum Gasteiger partial charge on any atom is 0.352 e. The lowest BCUT2D eigenvalue weighted by atomic mass is 9.92. The fourth-order valence-corrected chi connectivity index (χ4v) is 2.35. The van der Waals surface area contributed by atoms with E-state index in [4.69, 9.17) is 5.11 Å². The van der Waals surface area contributed by atoms with Gasteiger partial charge in [0.15, 0.2) is 0 Å². The van der Waals surface area contributed by atoms with E-state index in [1.54, 1.807) is 12.3 Å². The molecule has 0 bridgehead atoms. The largest absolute Gasteiger partial charge is 0.477 e. The van der Waals surface area contributed by atoms with Crippen molar-refractivity contribution in [2.45, 2.75) is 33.2 Å². The van der Waals surface area contributed by atoms with Gasteiger partial charge in [0.25, 0.3) is 0 Å². The van der Waals surface area contributed by atoms with Crippen LogP contribution in [0.3, 0.4) is 0 Å². The van der Waals surface area contributed by atoms with Crippen molar-refractivity contribution in [1.82, 2.24) is 9.88 Å². The molecule has 0 aromatic carbocycles. The molecule has 1 heterocycles. The van der Waals surface area contributed by atoms with Gasteiger partial charge in [-0.2, -0.15) is 0 Å². The van der Waals surface area contributed by atoms with Crippen molar-refractivity contribution in [3.05, 3.63) is 24.0 Å². The molecule has 1 aromatic heterocycles. The number of carbonyl (C=O) groups is 2. The summed E-state index contributed by atoms with van der Waals surface area (Å²) >= 11 is 0. The van der Waals surface area contributed by atoms with Crippen molar-refractivity contribution in [3.63, 3.8) is 0 Å². The summed E-state index contributed by atoms with van der Waals surface area (Å²) in [7, 11) is 0. The van der Waals surface area contributed by atoms with Crippen molar-refractivity contribution < 1.29 is 14.7 Å². The third kappa shape index (κ3) is 2.97. The number of rotatable bonds is 6. The lowest BCUT2D eigenvalue weighted by Gasteiger charge is -2.20.